The van der Waals surface area contributed by atoms with Crippen molar-refractivity contribution in [3.63, 3.8) is 0 Å². The predicted molar refractivity (Wildman–Crippen MR) is 189 cm³/mol. The second-order valence-electron chi connectivity index (χ2n) is 14.4. The molecule has 0 aliphatic heterocycles. The topological polar surface area (TPSA) is 52.0 Å². The summed E-state index contributed by atoms with van der Waals surface area (Å²) in [6, 6.07) is 0. The molecule has 41 heavy (non-hydrogen) atoms. The average molecular weight is 579 g/mol. The molecule has 0 aromatic rings. The van der Waals surface area contributed by atoms with Crippen molar-refractivity contribution in [1.82, 2.24) is 0 Å². The summed E-state index contributed by atoms with van der Waals surface area (Å²) in [6.07, 6.45) is 44.8. The summed E-state index contributed by atoms with van der Waals surface area (Å²) in [4.78, 5) is 0. The number of hydrogen-bond acceptors (Lipinski definition) is 2. The molecule has 0 amide bonds. The second kappa shape index (κ2) is 30.0. The summed E-state index contributed by atoms with van der Waals surface area (Å²) in [6.45, 7) is 9.21. The zero-order valence-corrected chi connectivity index (χ0v) is 29.5. The fraction of sp³-hybridized carbons (Fsp3) is 1.00. The van der Waals surface area contributed by atoms with E-state index < -0.39 is 0 Å². The Morgan fingerprint density at radius 3 is 0.732 bits per heavy atom. The summed E-state index contributed by atoms with van der Waals surface area (Å²) < 4.78 is 0. The van der Waals surface area contributed by atoms with Gasteiger partial charge >= 0.3 is 0 Å². The van der Waals surface area contributed by atoms with E-state index in [9.17, 15) is 0 Å². The van der Waals surface area contributed by atoms with Gasteiger partial charge in [0.25, 0.3) is 0 Å². The Morgan fingerprint density at radius 2 is 0.488 bits per heavy atom. The first-order chi connectivity index (χ1) is 19.9. The van der Waals surface area contributed by atoms with Crippen LogP contribution in [-0.4, -0.2) is 11.1 Å². The Balaban J connectivity index is 4.41. The van der Waals surface area contributed by atoms with Crippen molar-refractivity contribution in [2.75, 3.05) is 0 Å². The van der Waals surface area contributed by atoms with Gasteiger partial charge in [0.2, 0.25) is 0 Å². The van der Waals surface area contributed by atoms with E-state index in [4.69, 9.17) is 11.5 Å². The molecule has 0 heterocycles. The Kier molecular flexibility index (Phi) is 29.9. The van der Waals surface area contributed by atoms with E-state index >= 15 is 0 Å². The molecule has 0 rings (SSSR count). The van der Waals surface area contributed by atoms with Crippen LogP contribution in [-0.2, 0) is 0 Å². The van der Waals surface area contributed by atoms with Crippen LogP contribution in [0.1, 0.15) is 240 Å². The van der Waals surface area contributed by atoms with Gasteiger partial charge in [-0.25, -0.2) is 0 Å². The molecule has 248 valence electrons. The Hall–Kier alpha value is -0.0800. The molecule has 0 spiro atoms. The van der Waals surface area contributed by atoms with Crippen LogP contribution in [0.3, 0.4) is 0 Å². The predicted octanol–water partition coefficient (Wildman–Crippen LogP) is 13.3. The molecular weight excluding hydrogens is 496 g/mol. The third-order valence-electron chi connectivity index (χ3n) is 10.1. The summed E-state index contributed by atoms with van der Waals surface area (Å²) in [5.74, 6) is 0. The quantitative estimate of drug-likeness (QED) is 0.0746. The van der Waals surface area contributed by atoms with E-state index in [2.05, 4.69) is 27.7 Å². The Morgan fingerprint density at radius 1 is 0.293 bits per heavy atom. The monoisotopic (exact) mass is 579 g/mol. The van der Waals surface area contributed by atoms with Gasteiger partial charge in [-0.05, 0) is 26.2 Å². The summed E-state index contributed by atoms with van der Waals surface area (Å²) in [5, 5.41) is 0. The molecule has 0 saturated heterocycles. The van der Waals surface area contributed by atoms with Crippen molar-refractivity contribution in [2.24, 2.45) is 11.5 Å². The van der Waals surface area contributed by atoms with Crippen LogP contribution >= 0.6 is 0 Å². The summed E-state index contributed by atoms with van der Waals surface area (Å²) in [7, 11) is 0. The number of unbranched alkanes of at least 4 members (excludes halogenated alkanes) is 27. The van der Waals surface area contributed by atoms with E-state index in [1.54, 1.807) is 0 Å². The molecule has 0 bridgehead atoms. The highest BCUT2D eigenvalue weighted by Crippen LogP contribution is 2.33. The van der Waals surface area contributed by atoms with Gasteiger partial charge in [-0.1, -0.05) is 213 Å². The highest BCUT2D eigenvalue weighted by Gasteiger charge is 2.40. The van der Waals surface area contributed by atoms with Gasteiger partial charge in [-0.3, -0.25) is 0 Å². The lowest BCUT2D eigenvalue weighted by Crippen LogP contribution is -2.64. The molecule has 0 fully saturated rings. The van der Waals surface area contributed by atoms with Crippen LogP contribution in [0.4, 0.5) is 0 Å². The molecule has 2 nitrogen and oxygen atoms in total. The van der Waals surface area contributed by atoms with Crippen molar-refractivity contribution >= 4 is 0 Å². The molecule has 0 aromatic carbocycles. The van der Waals surface area contributed by atoms with Gasteiger partial charge in [0.1, 0.15) is 0 Å². The summed E-state index contributed by atoms with van der Waals surface area (Å²) >= 11 is 0. The Bertz CT molecular complexity index is 476. The molecule has 2 heteroatoms. The van der Waals surface area contributed by atoms with E-state index in [1.807, 2.05) is 0 Å². The first-order valence-electron chi connectivity index (χ1n) is 19.5. The minimum atomic E-state index is -0.244. The first-order valence-corrected chi connectivity index (χ1v) is 19.5. The van der Waals surface area contributed by atoms with Gasteiger partial charge in [0, 0.05) is 11.1 Å². The summed E-state index contributed by atoms with van der Waals surface area (Å²) in [5.41, 5.74) is 14.0. The average Bonchev–Trinajstić information content (AvgIpc) is 2.96. The maximum Gasteiger partial charge on any atom is 0.0334 e. The highest BCUT2D eigenvalue weighted by atomic mass is 14.9. The molecule has 1 unspecified atom stereocenters. The van der Waals surface area contributed by atoms with Crippen molar-refractivity contribution in [3.05, 3.63) is 0 Å². The van der Waals surface area contributed by atoms with Crippen molar-refractivity contribution < 1.29 is 0 Å². The van der Waals surface area contributed by atoms with Crippen molar-refractivity contribution in [2.45, 2.75) is 251 Å². The van der Waals surface area contributed by atoms with Crippen molar-refractivity contribution in [1.29, 1.82) is 0 Å². The SMILES string of the molecule is CCCCCCCCCCCCC(C)(N)C(N)(CCCCCCCCCCCC)CCCCCCCCCCCC. The fourth-order valence-electron chi connectivity index (χ4n) is 6.78. The number of nitrogens with two attached hydrogens (primary N) is 2. The maximum atomic E-state index is 7.29. The third kappa shape index (κ3) is 25.0. The van der Waals surface area contributed by atoms with Crippen LogP contribution in [0.25, 0.3) is 0 Å². The van der Waals surface area contributed by atoms with Crippen LogP contribution in [0.2, 0.25) is 0 Å². The molecule has 0 aliphatic carbocycles. The van der Waals surface area contributed by atoms with Gasteiger partial charge in [-0.15, -0.1) is 0 Å². The standard InChI is InChI=1S/C39H82N2/c1-5-8-11-14-17-20-23-26-29-32-35-38(4,40)39(41,36-33-30-27-24-21-18-15-12-9-6-2)37-34-31-28-25-22-19-16-13-10-7-3/h5-37,40-41H2,1-4H3. The lowest BCUT2D eigenvalue weighted by Gasteiger charge is -2.45. The number of hydrogen-bond donors (Lipinski definition) is 2. The largest absolute Gasteiger partial charge is 0.324 e. The minimum Gasteiger partial charge on any atom is -0.324 e. The number of rotatable bonds is 34. The molecule has 0 aromatic heterocycles. The minimum absolute atomic E-state index is 0.202. The molecular formula is C39H82N2. The first kappa shape index (κ1) is 40.9. The molecule has 0 saturated carbocycles. The van der Waals surface area contributed by atoms with Crippen LogP contribution in [0.5, 0.6) is 0 Å². The third-order valence-corrected chi connectivity index (χ3v) is 10.1. The van der Waals surface area contributed by atoms with Gasteiger partial charge in [0.15, 0.2) is 0 Å². The zero-order valence-electron chi connectivity index (χ0n) is 29.5. The lowest BCUT2D eigenvalue weighted by atomic mass is 9.70. The van der Waals surface area contributed by atoms with E-state index in [0.717, 1.165) is 19.3 Å². The van der Waals surface area contributed by atoms with E-state index in [1.165, 1.54) is 193 Å². The lowest BCUT2D eigenvalue weighted by molar-refractivity contribution is 0.180. The maximum absolute atomic E-state index is 7.29. The zero-order chi connectivity index (χ0) is 30.3. The van der Waals surface area contributed by atoms with E-state index in [0.29, 0.717) is 0 Å². The normalized spacial score (nSPS) is 13.6. The highest BCUT2D eigenvalue weighted by molar-refractivity contribution is 5.04. The van der Waals surface area contributed by atoms with Gasteiger partial charge in [-0.2, -0.15) is 0 Å². The molecule has 4 N–H and O–H groups in total. The van der Waals surface area contributed by atoms with Gasteiger partial charge < -0.3 is 11.5 Å². The molecule has 0 aliphatic rings. The van der Waals surface area contributed by atoms with Crippen LogP contribution < -0.4 is 11.5 Å². The van der Waals surface area contributed by atoms with E-state index in [-0.39, 0.29) is 11.1 Å². The van der Waals surface area contributed by atoms with Crippen LogP contribution in [0, 0.1) is 0 Å². The fourth-order valence-corrected chi connectivity index (χ4v) is 6.78. The molecule has 0 radical (unpaired) electrons. The van der Waals surface area contributed by atoms with Gasteiger partial charge in [0.05, 0.1) is 0 Å². The van der Waals surface area contributed by atoms with Crippen molar-refractivity contribution in [3.8, 4) is 0 Å². The second-order valence-corrected chi connectivity index (χ2v) is 14.4. The smallest absolute Gasteiger partial charge is 0.0334 e. The Labute approximate surface area is 261 Å². The molecule has 1 atom stereocenters. The van der Waals surface area contributed by atoms with Crippen LogP contribution in [0.15, 0.2) is 0 Å².